The number of benzene rings is 3. The molecule has 0 atom stereocenters. The Hall–Kier alpha value is -3.58. The molecule has 1 heterocycles. The lowest BCUT2D eigenvalue weighted by Gasteiger charge is -2.13. The fourth-order valence-corrected chi connectivity index (χ4v) is 4.12. The van der Waals surface area contributed by atoms with Crippen LogP contribution in [-0.2, 0) is 4.79 Å². The Balaban J connectivity index is 1.62. The molecule has 0 fully saturated rings. The van der Waals surface area contributed by atoms with Gasteiger partial charge in [-0.15, -0.1) is 10.2 Å². The zero-order valence-corrected chi connectivity index (χ0v) is 19.0. The summed E-state index contributed by atoms with van der Waals surface area (Å²) in [6.07, 6.45) is 0. The average molecular weight is 445 g/mol. The van der Waals surface area contributed by atoms with Crippen LogP contribution < -0.4 is 10.1 Å². The maximum absolute atomic E-state index is 12.7. The van der Waals surface area contributed by atoms with Gasteiger partial charge in [-0.3, -0.25) is 9.36 Å². The van der Waals surface area contributed by atoms with Crippen LogP contribution in [0.5, 0.6) is 5.75 Å². The highest BCUT2D eigenvalue weighted by Gasteiger charge is 2.19. The largest absolute Gasteiger partial charge is 0.496 e. The fourth-order valence-electron chi connectivity index (χ4n) is 3.36. The second kappa shape index (κ2) is 9.70. The van der Waals surface area contributed by atoms with E-state index in [9.17, 15) is 4.79 Å². The summed E-state index contributed by atoms with van der Waals surface area (Å²) in [5.41, 5.74) is 4.70. The van der Waals surface area contributed by atoms with Gasteiger partial charge < -0.3 is 10.1 Å². The maximum Gasteiger partial charge on any atom is 0.234 e. The van der Waals surface area contributed by atoms with Gasteiger partial charge in [0.05, 0.1) is 18.4 Å². The number of ether oxygens (including phenoxy) is 1. The minimum atomic E-state index is -0.0925. The summed E-state index contributed by atoms with van der Waals surface area (Å²) in [5, 5.41) is 12.5. The summed E-state index contributed by atoms with van der Waals surface area (Å²) < 4.78 is 7.49. The van der Waals surface area contributed by atoms with Crippen molar-refractivity contribution in [1.82, 2.24) is 14.8 Å². The monoisotopic (exact) mass is 444 g/mol. The molecule has 0 saturated heterocycles. The molecule has 1 amide bonds. The van der Waals surface area contributed by atoms with Gasteiger partial charge >= 0.3 is 0 Å². The molecular weight excluding hydrogens is 420 g/mol. The Morgan fingerprint density at radius 1 is 1.00 bits per heavy atom. The predicted octanol–water partition coefficient (Wildman–Crippen LogP) is 5.29. The van der Waals surface area contributed by atoms with E-state index in [1.165, 1.54) is 11.8 Å². The van der Waals surface area contributed by atoms with E-state index in [2.05, 4.69) is 15.5 Å². The fraction of sp³-hybridized carbons (Fsp3) is 0.160. The third-order valence-electron chi connectivity index (χ3n) is 5.00. The second-order valence-electron chi connectivity index (χ2n) is 7.33. The summed E-state index contributed by atoms with van der Waals surface area (Å²) in [5.74, 6) is 1.49. The van der Waals surface area contributed by atoms with Gasteiger partial charge in [0, 0.05) is 11.4 Å². The summed E-state index contributed by atoms with van der Waals surface area (Å²) in [4.78, 5) is 12.7. The lowest BCUT2D eigenvalue weighted by Crippen LogP contribution is -2.15. The normalized spacial score (nSPS) is 10.7. The Bertz CT molecular complexity index is 1240. The number of aromatic nitrogens is 3. The molecule has 6 nitrogen and oxygen atoms in total. The van der Waals surface area contributed by atoms with E-state index in [1.807, 2.05) is 91.2 Å². The molecule has 4 aromatic rings. The second-order valence-corrected chi connectivity index (χ2v) is 8.28. The lowest BCUT2D eigenvalue weighted by molar-refractivity contribution is -0.113. The van der Waals surface area contributed by atoms with E-state index in [4.69, 9.17) is 4.74 Å². The highest BCUT2D eigenvalue weighted by molar-refractivity contribution is 7.99. The third-order valence-corrected chi connectivity index (χ3v) is 5.92. The number of rotatable bonds is 7. The molecule has 3 aromatic carbocycles. The van der Waals surface area contributed by atoms with E-state index in [0.717, 1.165) is 28.1 Å². The number of anilines is 1. The summed E-state index contributed by atoms with van der Waals surface area (Å²) >= 11 is 1.34. The molecule has 162 valence electrons. The van der Waals surface area contributed by atoms with Gasteiger partial charge in [-0.05, 0) is 55.3 Å². The van der Waals surface area contributed by atoms with Crippen LogP contribution in [0.4, 0.5) is 5.69 Å². The van der Waals surface area contributed by atoms with Crippen molar-refractivity contribution in [2.75, 3.05) is 18.2 Å². The molecule has 7 heteroatoms. The van der Waals surface area contributed by atoms with E-state index in [1.54, 1.807) is 7.11 Å². The number of amides is 1. The molecule has 0 spiro atoms. The zero-order chi connectivity index (χ0) is 22.5. The molecule has 1 aromatic heterocycles. The van der Waals surface area contributed by atoms with Crippen molar-refractivity contribution in [2.24, 2.45) is 0 Å². The number of nitrogens with zero attached hydrogens (tertiary/aromatic N) is 3. The highest BCUT2D eigenvalue weighted by atomic mass is 32.2. The average Bonchev–Trinajstić information content (AvgIpc) is 3.24. The molecule has 0 saturated carbocycles. The van der Waals surface area contributed by atoms with Crippen molar-refractivity contribution in [3.8, 4) is 22.8 Å². The maximum atomic E-state index is 12.7. The van der Waals surface area contributed by atoms with Gasteiger partial charge in [-0.1, -0.05) is 54.2 Å². The number of carbonyl (C=O) groups excluding carboxylic acids is 1. The Morgan fingerprint density at radius 2 is 1.75 bits per heavy atom. The van der Waals surface area contributed by atoms with Crippen molar-refractivity contribution in [1.29, 1.82) is 0 Å². The Morgan fingerprint density at radius 3 is 2.53 bits per heavy atom. The van der Waals surface area contributed by atoms with Crippen LogP contribution in [0, 0.1) is 13.8 Å². The van der Waals surface area contributed by atoms with E-state index < -0.39 is 0 Å². The van der Waals surface area contributed by atoms with Crippen molar-refractivity contribution >= 4 is 23.4 Å². The minimum absolute atomic E-state index is 0.0925. The predicted molar refractivity (Wildman–Crippen MR) is 129 cm³/mol. The molecule has 4 rings (SSSR count). The number of hydrogen-bond acceptors (Lipinski definition) is 5. The van der Waals surface area contributed by atoms with Crippen LogP contribution in [0.25, 0.3) is 17.1 Å². The molecule has 0 unspecified atom stereocenters. The van der Waals surface area contributed by atoms with E-state index in [0.29, 0.717) is 16.7 Å². The van der Waals surface area contributed by atoms with Crippen LogP contribution in [-0.4, -0.2) is 33.5 Å². The first kappa shape index (κ1) is 21.6. The van der Waals surface area contributed by atoms with Crippen LogP contribution in [0.3, 0.4) is 0 Å². The first-order valence-electron chi connectivity index (χ1n) is 10.2. The van der Waals surface area contributed by atoms with Crippen LogP contribution in [0.15, 0.2) is 78.0 Å². The first-order valence-corrected chi connectivity index (χ1v) is 11.2. The molecule has 0 aliphatic heterocycles. The van der Waals surface area contributed by atoms with Crippen molar-refractivity contribution < 1.29 is 9.53 Å². The van der Waals surface area contributed by atoms with E-state index in [-0.39, 0.29) is 11.7 Å². The van der Waals surface area contributed by atoms with Crippen LogP contribution >= 0.6 is 11.8 Å². The zero-order valence-electron chi connectivity index (χ0n) is 18.2. The molecule has 32 heavy (non-hydrogen) atoms. The number of hydrogen-bond donors (Lipinski definition) is 1. The van der Waals surface area contributed by atoms with Gasteiger partial charge in [0.1, 0.15) is 5.75 Å². The number of para-hydroxylation sites is 2. The third kappa shape index (κ3) is 4.68. The van der Waals surface area contributed by atoms with Gasteiger partial charge in [0.2, 0.25) is 5.91 Å². The number of thioether (sulfide) groups is 1. The Kier molecular flexibility index (Phi) is 6.56. The Labute approximate surface area is 191 Å². The quantitative estimate of drug-likeness (QED) is 0.392. The number of aryl methyl sites for hydroxylation is 2. The number of carbonyl (C=O) groups is 1. The van der Waals surface area contributed by atoms with Crippen molar-refractivity contribution in [2.45, 2.75) is 19.0 Å². The van der Waals surface area contributed by atoms with Gasteiger partial charge in [0.15, 0.2) is 11.0 Å². The van der Waals surface area contributed by atoms with Crippen molar-refractivity contribution in [3.05, 3.63) is 83.9 Å². The smallest absolute Gasteiger partial charge is 0.234 e. The number of nitrogens with one attached hydrogen (secondary N) is 1. The molecule has 0 aliphatic carbocycles. The van der Waals surface area contributed by atoms with E-state index >= 15 is 0 Å². The van der Waals surface area contributed by atoms with Crippen LogP contribution in [0.2, 0.25) is 0 Å². The molecule has 0 bridgehead atoms. The van der Waals surface area contributed by atoms with Crippen molar-refractivity contribution in [3.63, 3.8) is 0 Å². The standard InChI is InChI=1S/C25H24N4O2S/c1-17-13-14-18(2)21(15-17)26-23(30)16-32-25-28-27-24(20-11-7-8-12-22(20)31-3)29(25)19-9-5-4-6-10-19/h4-15H,16H2,1-3H3,(H,26,30). The summed E-state index contributed by atoms with van der Waals surface area (Å²) in [6.45, 7) is 3.99. The molecule has 0 radical (unpaired) electrons. The topological polar surface area (TPSA) is 69.0 Å². The summed E-state index contributed by atoms with van der Waals surface area (Å²) in [6, 6.07) is 23.6. The van der Waals surface area contributed by atoms with Gasteiger partial charge in [-0.25, -0.2) is 0 Å². The molecule has 1 N–H and O–H groups in total. The van der Waals surface area contributed by atoms with Crippen LogP contribution in [0.1, 0.15) is 11.1 Å². The highest BCUT2D eigenvalue weighted by Crippen LogP contribution is 2.33. The van der Waals surface area contributed by atoms with Gasteiger partial charge in [-0.2, -0.15) is 0 Å². The molecule has 0 aliphatic rings. The molecular formula is C25H24N4O2S. The first-order chi connectivity index (χ1) is 15.6. The lowest BCUT2D eigenvalue weighted by atomic mass is 10.1. The number of methoxy groups -OCH3 is 1. The summed E-state index contributed by atoms with van der Waals surface area (Å²) in [7, 11) is 1.63. The van der Waals surface area contributed by atoms with Gasteiger partial charge in [0.25, 0.3) is 0 Å². The SMILES string of the molecule is COc1ccccc1-c1nnc(SCC(=O)Nc2cc(C)ccc2C)n1-c1ccccc1. The minimum Gasteiger partial charge on any atom is -0.496 e.